The van der Waals surface area contributed by atoms with Crippen molar-refractivity contribution in [3.05, 3.63) is 22.1 Å². The quantitative estimate of drug-likeness (QED) is 0.357. The molecule has 5 nitrogen and oxygen atoms in total. The SMILES string of the molecule is CN(CCS)C(N)=C[N+](=O)[O-]. The standard InChI is InChI=1S/C5H11N3O2S/c1-7(2-3-11)5(6)4-8(9)10/h4,11H,2-3,6H2,1H3. The van der Waals surface area contributed by atoms with Crippen molar-refractivity contribution in [1.29, 1.82) is 0 Å². The Balaban J connectivity index is 4.00. The molecular weight excluding hydrogens is 166 g/mol. The van der Waals surface area contributed by atoms with Crippen LogP contribution in [0.5, 0.6) is 0 Å². The van der Waals surface area contributed by atoms with Crippen LogP contribution in [0.3, 0.4) is 0 Å². The topological polar surface area (TPSA) is 72.4 Å². The molecule has 0 amide bonds. The Bertz CT molecular complexity index is 171. The van der Waals surface area contributed by atoms with Gasteiger partial charge in [0.05, 0.1) is 4.92 Å². The molecule has 0 rings (SSSR count). The number of hydrogen-bond donors (Lipinski definition) is 2. The van der Waals surface area contributed by atoms with Crippen molar-refractivity contribution in [2.24, 2.45) is 5.73 Å². The Labute approximate surface area is 70.4 Å². The lowest BCUT2D eigenvalue weighted by molar-refractivity contribution is -0.404. The molecule has 0 saturated heterocycles. The van der Waals surface area contributed by atoms with Crippen LogP contribution in [0.1, 0.15) is 0 Å². The zero-order valence-electron chi connectivity index (χ0n) is 6.23. The van der Waals surface area contributed by atoms with Crippen LogP contribution in [0.4, 0.5) is 0 Å². The van der Waals surface area contributed by atoms with Crippen molar-refractivity contribution in [3.63, 3.8) is 0 Å². The van der Waals surface area contributed by atoms with Gasteiger partial charge in [0.25, 0.3) is 6.20 Å². The normalized spacial score (nSPS) is 11.3. The molecule has 0 atom stereocenters. The van der Waals surface area contributed by atoms with E-state index in [1.807, 2.05) is 0 Å². The molecule has 2 N–H and O–H groups in total. The molecule has 0 unspecified atom stereocenters. The fraction of sp³-hybridized carbons (Fsp3) is 0.600. The van der Waals surface area contributed by atoms with Gasteiger partial charge < -0.3 is 10.6 Å². The molecule has 0 aromatic carbocycles. The Hall–Kier alpha value is -0.910. The predicted molar refractivity (Wildman–Crippen MR) is 45.7 cm³/mol. The van der Waals surface area contributed by atoms with E-state index in [1.165, 1.54) is 0 Å². The summed E-state index contributed by atoms with van der Waals surface area (Å²) in [5.74, 6) is 0.756. The van der Waals surface area contributed by atoms with Gasteiger partial charge in [0.1, 0.15) is 0 Å². The highest BCUT2D eigenvalue weighted by molar-refractivity contribution is 7.80. The lowest BCUT2D eigenvalue weighted by Crippen LogP contribution is -2.26. The number of rotatable bonds is 4. The minimum absolute atomic E-state index is 0.143. The van der Waals surface area contributed by atoms with E-state index in [0.717, 1.165) is 6.20 Å². The van der Waals surface area contributed by atoms with Crippen LogP contribution in [0.2, 0.25) is 0 Å². The van der Waals surface area contributed by atoms with Crippen molar-refractivity contribution in [2.75, 3.05) is 19.3 Å². The molecule has 0 spiro atoms. The van der Waals surface area contributed by atoms with E-state index < -0.39 is 4.92 Å². The van der Waals surface area contributed by atoms with E-state index >= 15 is 0 Å². The average molecular weight is 177 g/mol. The van der Waals surface area contributed by atoms with Crippen LogP contribution in [-0.2, 0) is 0 Å². The van der Waals surface area contributed by atoms with Crippen LogP contribution in [0.15, 0.2) is 12.0 Å². The second-order valence-corrected chi connectivity index (χ2v) is 2.43. The second-order valence-electron chi connectivity index (χ2n) is 1.98. The summed E-state index contributed by atoms with van der Waals surface area (Å²) >= 11 is 3.95. The molecule has 11 heavy (non-hydrogen) atoms. The summed E-state index contributed by atoms with van der Waals surface area (Å²) in [6.45, 7) is 0.597. The van der Waals surface area contributed by atoms with Crippen molar-refractivity contribution >= 4 is 12.6 Å². The summed E-state index contributed by atoms with van der Waals surface area (Å²) < 4.78 is 0. The Morgan fingerprint density at radius 2 is 2.45 bits per heavy atom. The molecular formula is C5H11N3O2S. The fourth-order valence-electron chi connectivity index (χ4n) is 0.486. The monoisotopic (exact) mass is 177 g/mol. The highest BCUT2D eigenvalue weighted by Gasteiger charge is 2.01. The molecule has 0 heterocycles. The number of thiol groups is 1. The third-order valence-corrected chi connectivity index (χ3v) is 1.31. The van der Waals surface area contributed by atoms with E-state index in [9.17, 15) is 10.1 Å². The van der Waals surface area contributed by atoms with Gasteiger partial charge in [-0.05, 0) is 0 Å². The molecule has 0 saturated carbocycles. The summed E-state index contributed by atoms with van der Waals surface area (Å²) in [7, 11) is 1.67. The first-order chi connectivity index (χ1) is 5.07. The second kappa shape index (κ2) is 4.84. The van der Waals surface area contributed by atoms with Gasteiger partial charge in [-0.2, -0.15) is 12.6 Å². The first kappa shape index (κ1) is 10.1. The van der Waals surface area contributed by atoms with E-state index in [0.29, 0.717) is 12.3 Å². The maximum Gasteiger partial charge on any atom is 0.274 e. The van der Waals surface area contributed by atoms with Gasteiger partial charge in [-0.15, -0.1) is 0 Å². The Morgan fingerprint density at radius 3 is 2.82 bits per heavy atom. The van der Waals surface area contributed by atoms with Crippen molar-refractivity contribution in [3.8, 4) is 0 Å². The summed E-state index contributed by atoms with van der Waals surface area (Å²) in [5, 5.41) is 9.92. The van der Waals surface area contributed by atoms with Gasteiger partial charge in [0, 0.05) is 19.3 Å². The van der Waals surface area contributed by atoms with Crippen LogP contribution in [-0.4, -0.2) is 29.2 Å². The fourth-order valence-corrected chi connectivity index (χ4v) is 0.786. The number of nitrogens with two attached hydrogens (primary N) is 1. The molecule has 0 aromatic rings. The van der Waals surface area contributed by atoms with Crippen LogP contribution >= 0.6 is 12.6 Å². The van der Waals surface area contributed by atoms with E-state index in [2.05, 4.69) is 12.6 Å². The molecule has 0 aliphatic carbocycles. The van der Waals surface area contributed by atoms with E-state index in [4.69, 9.17) is 5.73 Å². The highest BCUT2D eigenvalue weighted by atomic mass is 32.1. The van der Waals surface area contributed by atoms with Gasteiger partial charge in [-0.1, -0.05) is 0 Å². The Morgan fingerprint density at radius 1 is 1.91 bits per heavy atom. The van der Waals surface area contributed by atoms with Gasteiger partial charge in [-0.3, -0.25) is 10.1 Å². The minimum Gasteiger partial charge on any atom is -0.380 e. The van der Waals surface area contributed by atoms with Crippen LogP contribution in [0.25, 0.3) is 0 Å². The molecule has 0 fully saturated rings. The van der Waals surface area contributed by atoms with Crippen LogP contribution in [0, 0.1) is 10.1 Å². The number of nitrogens with zero attached hydrogens (tertiary/aromatic N) is 2. The van der Waals surface area contributed by atoms with Crippen molar-refractivity contribution in [2.45, 2.75) is 0 Å². The molecule has 0 aromatic heterocycles. The number of hydrogen-bond acceptors (Lipinski definition) is 5. The average Bonchev–Trinajstić information content (AvgIpc) is 1.86. The predicted octanol–water partition coefficient (Wildman–Crippen LogP) is -0.118. The first-order valence-electron chi connectivity index (χ1n) is 3.00. The zero-order chi connectivity index (χ0) is 8.85. The molecule has 0 bridgehead atoms. The van der Waals surface area contributed by atoms with E-state index in [1.54, 1.807) is 11.9 Å². The lowest BCUT2D eigenvalue weighted by atomic mass is 10.6. The Kier molecular flexibility index (Phi) is 4.44. The zero-order valence-corrected chi connectivity index (χ0v) is 7.12. The molecule has 64 valence electrons. The summed E-state index contributed by atoms with van der Waals surface area (Å²) in [5.41, 5.74) is 5.32. The summed E-state index contributed by atoms with van der Waals surface area (Å²) in [6.07, 6.45) is 0.767. The molecule has 6 heteroatoms. The first-order valence-corrected chi connectivity index (χ1v) is 3.64. The smallest absolute Gasteiger partial charge is 0.274 e. The van der Waals surface area contributed by atoms with Crippen LogP contribution < -0.4 is 5.73 Å². The summed E-state index contributed by atoms with van der Waals surface area (Å²) in [6, 6.07) is 0. The number of nitro groups is 1. The van der Waals surface area contributed by atoms with Gasteiger partial charge in [0.2, 0.25) is 0 Å². The lowest BCUT2D eigenvalue weighted by Gasteiger charge is -2.14. The minimum atomic E-state index is -0.579. The third-order valence-electron chi connectivity index (χ3n) is 1.11. The third kappa shape index (κ3) is 4.49. The highest BCUT2D eigenvalue weighted by Crippen LogP contribution is 1.93. The van der Waals surface area contributed by atoms with Gasteiger partial charge in [-0.25, -0.2) is 0 Å². The van der Waals surface area contributed by atoms with Crippen molar-refractivity contribution < 1.29 is 4.92 Å². The summed E-state index contributed by atoms with van der Waals surface area (Å²) in [4.78, 5) is 10.9. The molecule has 0 aliphatic heterocycles. The van der Waals surface area contributed by atoms with Gasteiger partial charge in [0.15, 0.2) is 5.82 Å². The maximum atomic E-state index is 9.92. The van der Waals surface area contributed by atoms with Gasteiger partial charge >= 0.3 is 0 Å². The molecule has 0 aliphatic rings. The van der Waals surface area contributed by atoms with E-state index in [-0.39, 0.29) is 5.82 Å². The molecule has 0 radical (unpaired) electrons. The largest absolute Gasteiger partial charge is 0.380 e. The maximum absolute atomic E-state index is 9.92. The van der Waals surface area contributed by atoms with Crippen molar-refractivity contribution in [1.82, 2.24) is 4.90 Å².